The van der Waals surface area contributed by atoms with Crippen LogP contribution in [0.5, 0.6) is 0 Å². The van der Waals surface area contributed by atoms with Crippen LogP contribution in [0.4, 0.5) is 0 Å². The van der Waals surface area contributed by atoms with E-state index in [-0.39, 0.29) is 30.7 Å². The molecule has 0 spiro atoms. The molecule has 0 saturated carbocycles. The van der Waals surface area contributed by atoms with E-state index in [0.717, 1.165) is 17.5 Å². The van der Waals surface area contributed by atoms with Crippen LogP contribution < -0.4 is 10.6 Å². The van der Waals surface area contributed by atoms with E-state index >= 15 is 0 Å². The Labute approximate surface area is 145 Å². The number of nitrogens with one attached hydrogen (secondary N) is 2. The van der Waals surface area contributed by atoms with E-state index in [1.54, 1.807) is 12.1 Å². The van der Waals surface area contributed by atoms with Crippen molar-refractivity contribution >= 4 is 22.8 Å². The molecule has 7 nitrogen and oxygen atoms in total. The SMILES string of the molecule is CCCNC(=O)Cn1c(CNC(=O)c2ccco2)nc2ccccc21. The zero-order valence-electron chi connectivity index (χ0n) is 14.0. The molecule has 2 aromatic heterocycles. The first-order valence-corrected chi connectivity index (χ1v) is 8.21. The second kappa shape index (κ2) is 7.65. The van der Waals surface area contributed by atoms with E-state index in [4.69, 9.17) is 4.42 Å². The van der Waals surface area contributed by atoms with E-state index in [0.29, 0.717) is 12.4 Å². The van der Waals surface area contributed by atoms with Gasteiger partial charge in [0.25, 0.3) is 5.91 Å². The van der Waals surface area contributed by atoms with Crippen LogP contribution in [-0.4, -0.2) is 27.9 Å². The van der Waals surface area contributed by atoms with Crippen LogP contribution in [0.1, 0.15) is 29.7 Å². The minimum absolute atomic E-state index is 0.0800. The predicted molar refractivity (Wildman–Crippen MR) is 92.9 cm³/mol. The average molecular weight is 340 g/mol. The van der Waals surface area contributed by atoms with Gasteiger partial charge in [-0.2, -0.15) is 0 Å². The van der Waals surface area contributed by atoms with Gasteiger partial charge in [0.1, 0.15) is 12.4 Å². The lowest BCUT2D eigenvalue weighted by atomic mass is 10.3. The lowest BCUT2D eigenvalue weighted by molar-refractivity contribution is -0.121. The highest BCUT2D eigenvalue weighted by Crippen LogP contribution is 2.16. The first-order valence-electron chi connectivity index (χ1n) is 8.21. The van der Waals surface area contributed by atoms with E-state index < -0.39 is 0 Å². The maximum atomic E-state index is 12.1. The first-order chi connectivity index (χ1) is 12.2. The van der Waals surface area contributed by atoms with Gasteiger partial charge in [0.05, 0.1) is 23.8 Å². The Balaban J connectivity index is 1.80. The van der Waals surface area contributed by atoms with Crippen molar-refractivity contribution in [3.63, 3.8) is 0 Å². The number of rotatable bonds is 7. The molecule has 0 bridgehead atoms. The van der Waals surface area contributed by atoms with Crippen LogP contribution >= 0.6 is 0 Å². The van der Waals surface area contributed by atoms with Gasteiger partial charge in [-0.1, -0.05) is 19.1 Å². The number of hydrogen-bond acceptors (Lipinski definition) is 4. The van der Waals surface area contributed by atoms with Gasteiger partial charge in [0.15, 0.2) is 5.76 Å². The summed E-state index contributed by atoms with van der Waals surface area (Å²) in [6.07, 6.45) is 2.32. The Bertz CT molecular complexity index is 868. The van der Waals surface area contributed by atoms with Crippen molar-refractivity contribution in [2.24, 2.45) is 0 Å². The van der Waals surface area contributed by atoms with E-state index in [1.165, 1.54) is 6.26 Å². The summed E-state index contributed by atoms with van der Waals surface area (Å²) in [6.45, 7) is 3.00. The number of benzene rings is 1. The molecule has 0 fully saturated rings. The van der Waals surface area contributed by atoms with Crippen molar-refractivity contribution in [1.82, 2.24) is 20.2 Å². The van der Waals surface area contributed by atoms with Crippen LogP contribution in [0.2, 0.25) is 0 Å². The number of fused-ring (bicyclic) bond motifs is 1. The van der Waals surface area contributed by atoms with Gasteiger partial charge in [-0.15, -0.1) is 0 Å². The summed E-state index contributed by atoms with van der Waals surface area (Å²) >= 11 is 0. The van der Waals surface area contributed by atoms with Crippen LogP contribution in [-0.2, 0) is 17.9 Å². The molecule has 3 rings (SSSR count). The summed E-state index contributed by atoms with van der Waals surface area (Å²) < 4.78 is 6.90. The zero-order chi connectivity index (χ0) is 17.6. The van der Waals surface area contributed by atoms with E-state index in [1.807, 2.05) is 35.8 Å². The first kappa shape index (κ1) is 16.8. The Morgan fingerprint density at radius 2 is 2.00 bits per heavy atom. The quantitative estimate of drug-likeness (QED) is 0.689. The number of amides is 2. The van der Waals surface area contributed by atoms with Crippen molar-refractivity contribution in [3.05, 3.63) is 54.2 Å². The lowest BCUT2D eigenvalue weighted by Crippen LogP contribution is -2.30. The molecule has 3 aromatic rings. The maximum Gasteiger partial charge on any atom is 0.287 e. The van der Waals surface area contributed by atoms with Crippen LogP contribution in [0.25, 0.3) is 11.0 Å². The van der Waals surface area contributed by atoms with E-state index in [2.05, 4.69) is 15.6 Å². The Kier molecular flexibility index (Phi) is 5.13. The van der Waals surface area contributed by atoms with Crippen molar-refractivity contribution in [2.45, 2.75) is 26.4 Å². The van der Waals surface area contributed by atoms with Gasteiger partial charge in [-0.05, 0) is 30.7 Å². The van der Waals surface area contributed by atoms with Crippen molar-refractivity contribution < 1.29 is 14.0 Å². The Morgan fingerprint density at radius 1 is 1.16 bits per heavy atom. The molecule has 0 aliphatic heterocycles. The summed E-state index contributed by atoms with van der Waals surface area (Å²) in [5.74, 6) is 0.457. The van der Waals surface area contributed by atoms with Gasteiger partial charge in [-0.3, -0.25) is 9.59 Å². The zero-order valence-corrected chi connectivity index (χ0v) is 14.0. The molecule has 0 saturated heterocycles. The highest BCUT2D eigenvalue weighted by molar-refractivity contribution is 5.91. The molecule has 2 amide bonds. The molecule has 0 atom stereocenters. The van der Waals surface area contributed by atoms with Gasteiger partial charge in [0.2, 0.25) is 5.91 Å². The minimum atomic E-state index is -0.320. The fourth-order valence-electron chi connectivity index (χ4n) is 2.55. The van der Waals surface area contributed by atoms with Gasteiger partial charge < -0.3 is 19.6 Å². The van der Waals surface area contributed by atoms with E-state index in [9.17, 15) is 9.59 Å². The molecule has 2 N–H and O–H groups in total. The largest absolute Gasteiger partial charge is 0.459 e. The topological polar surface area (TPSA) is 89.2 Å². The third-order valence-corrected chi connectivity index (χ3v) is 3.76. The number of para-hydroxylation sites is 2. The van der Waals surface area contributed by atoms with Crippen LogP contribution in [0, 0.1) is 0 Å². The highest BCUT2D eigenvalue weighted by Gasteiger charge is 2.15. The summed E-state index contributed by atoms with van der Waals surface area (Å²) in [4.78, 5) is 28.7. The fourth-order valence-corrected chi connectivity index (χ4v) is 2.55. The Hall–Kier alpha value is -3.09. The molecule has 0 aliphatic rings. The number of aromatic nitrogens is 2. The van der Waals surface area contributed by atoms with Gasteiger partial charge in [-0.25, -0.2) is 4.98 Å². The third kappa shape index (κ3) is 3.88. The Morgan fingerprint density at radius 3 is 2.76 bits per heavy atom. The number of furan rings is 1. The normalized spacial score (nSPS) is 10.8. The van der Waals surface area contributed by atoms with Gasteiger partial charge >= 0.3 is 0 Å². The molecule has 0 unspecified atom stereocenters. The molecule has 7 heteroatoms. The highest BCUT2D eigenvalue weighted by atomic mass is 16.3. The standard InChI is InChI=1S/C18H20N4O3/c1-2-9-19-17(23)12-22-14-7-4-3-6-13(14)21-16(22)11-20-18(24)15-8-5-10-25-15/h3-8,10H,2,9,11-12H2,1H3,(H,19,23)(H,20,24). The molecular weight excluding hydrogens is 320 g/mol. The van der Waals surface area contributed by atoms with Gasteiger partial charge in [0, 0.05) is 6.54 Å². The summed E-state index contributed by atoms with van der Waals surface area (Å²) in [5, 5.41) is 5.63. The summed E-state index contributed by atoms with van der Waals surface area (Å²) in [6, 6.07) is 10.8. The molecule has 130 valence electrons. The fraction of sp³-hybridized carbons (Fsp3) is 0.278. The number of hydrogen-bond donors (Lipinski definition) is 2. The second-order valence-corrected chi connectivity index (χ2v) is 5.61. The number of imidazole rings is 1. The molecular formula is C18H20N4O3. The summed E-state index contributed by atoms with van der Waals surface area (Å²) in [5.41, 5.74) is 1.64. The monoisotopic (exact) mass is 340 g/mol. The lowest BCUT2D eigenvalue weighted by Gasteiger charge is -2.10. The number of carbonyl (C=O) groups excluding carboxylic acids is 2. The second-order valence-electron chi connectivity index (χ2n) is 5.61. The van der Waals surface area contributed by atoms with Crippen LogP contribution in [0.15, 0.2) is 47.1 Å². The maximum absolute atomic E-state index is 12.1. The summed E-state index contributed by atoms with van der Waals surface area (Å²) in [7, 11) is 0. The molecule has 2 heterocycles. The molecule has 25 heavy (non-hydrogen) atoms. The van der Waals surface area contributed by atoms with Crippen molar-refractivity contribution in [2.75, 3.05) is 6.54 Å². The predicted octanol–water partition coefficient (Wildman–Crippen LogP) is 2.09. The molecule has 0 aliphatic carbocycles. The molecule has 1 aromatic carbocycles. The smallest absolute Gasteiger partial charge is 0.287 e. The number of nitrogens with zero attached hydrogens (tertiary/aromatic N) is 2. The molecule has 0 radical (unpaired) electrons. The minimum Gasteiger partial charge on any atom is -0.459 e. The van der Waals surface area contributed by atoms with Crippen LogP contribution in [0.3, 0.4) is 0 Å². The number of carbonyl (C=O) groups is 2. The third-order valence-electron chi connectivity index (χ3n) is 3.76. The average Bonchev–Trinajstić information content (AvgIpc) is 3.27. The van der Waals surface area contributed by atoms with Crippen molar-refractivity contribution in [1.29, 1.82) is 0 Å². The van der Waals surface area contributed by atoms with Crippen molar-refractivity contribution in [3.8, 4) is 0 Å².